The molecule has 0 spiro atoms. The average molecular weight is 413 g/mol. The van der Waals surface area contributed by atoms with Gasteiger partial charge in [0.1, 0.15) is 0 Å². The van der Waals surface area contributed by atoms with E-state index in [1.807, 2.05) is 18.2 Å². The molecule has 1 heterocycles. The molecule has 2 aromatic carbocycles. The molecule has 0 aromatic heterocycles. The van der Waals surface area contributed by atoms with Crippen molar-refractivity contribution in [3.8, 4) is 0 Å². The maximum absolute atomic E-state index is 12.6. The normalized spacial score (nSPS) is 15.8. The highest BCUT2D eigenvalue weighted by atomic mass is 32.2. The van der Waals surface area contributed by atoms with Gasteiger partial charge in [-0.1, -0.05) is 18.2 Å². The maximum atomic E-state index is 12.6. The van der Waals surface area contributed by atoms with E-state index in [9.17, 15) is 18.0 Å². The highest BCUT2D eigenvalue weighted by Crippen LogP contribution is 2.37. The van der Waals surface area contributed by atoms with Crippen LogP contribution in [0.4, 0.5) is 11.4 Å². The van der Waals surface area contributed by atoms with Gasteiger partial charge in [0.2, 0.25) is 21.8 Å². The Balaban J connectivity index is 1.35. The number of amides is 2. The lowest BCUT2D eigenvalue weighted by atomic mass is 10.2. The number of hydrogen-bond acceptors (Lipinski definition) is 4. The zero-order valence-electron chi connectivity index (χ0n) is 15.9. The Morgan fingerprint density at radius 1 is 1.07 bits per heavy atom. The lowest BCUT2D eigenvalue weighted by Crippen LogP contribution is -2.30. The summed E-state index contributed by atoms with van der Waals surface area (Å²) in [6, 6.07) is 13.9. The Hall–Kier alpha value is -2.71. The molecule has 2 amide bonds. The summed E-state index contributed by atoms with van der Waals surface area (Å²) in [4.78, 5) is 26.2. The van der Waals surface area contributed by atoms with Gasteiger partial charge >= 0.3 is 0 Å². The number of carbonyl (C=O) groups is 2. The molecule has 8 heteroatoms. The quantitative estimate of drug-likeness (QED) is 0.728. The van der Waals surface area contributed by atoms with Crippen molar-refractivity contribution in [3.63, 3.8) is 0 Å². The molecule has 0 bridgehead atoms. The third kappa shape index (κ3) is 4.49. The van der Waals surface area contributed by atoms with Crippen LogP contribution in [0.2, 0.25) is 0 Å². The van der Waals surface area contributed by atoms with E-state index in [2.05, 4.69) is 10.0 Å². The number of fused-ring (bicyclic) bond motifs is 1. The van der Waals surface area contributed by atoms with Crippen LogP contribution < -0.4 is 14.9 Å². The third-order valence-electron chi connectivity index (χ3n) is 5.15. The zero-order valence-corrected chi connectivity index (χ0v) is 16.7. The summed E-state index contributed by atoms with van der Waals surface area (Å²) in [7, 11) is -3.73. The van der Waals surface area contributed by atoms with Gasteiger partial charge in [-0.25, -0.2) is 13.1 Å². The van der Waals surface area contributed by atoms with Gasteiger partial charge in [0.25, 0.3) is 0 Å². The minimum absolute atomic E-state index is 0.00434. The SMILES string of the molecule is O=C(CCNS(=O)(=O)c1ccc2c(c1)CCN2C(=O)C1CC1)Nc1ccccc1. The van der Waals surface area contributed by atoms with Gasteiger partial charge in [0.05, 0.1) is 4.90 Å². The van der Waals surface area contributed by atoms with Crippen LogP contribution in [0.5, 0.6) is 0 Å². The minimum Gasteiger partial charge on any atom is -0.326 e. The molecule has 1 aliphatic carbocycles. The number of nitrogens with zero attached hydrogens (tertiary/aromatic N) is 1. The Bertz CT molecular complexity index is 1030. The maximum Gasteiger partial charge on any atom is 0.240 e. The average Bonchev–Trinajstić information content (AvgIpc) is 3.47. The van der Waals surface area contributed by atoms with Crippen molar-refractivity contribution in [1.29, 1.82) is 0 Å². The second-order valence-corrected chi connectivity index (χ2v) is 9.13. The van der Waals surface area contributed by atoms with Gasteiger partial charge in [0.15, 0.2) is 0 Å². The van der Waals surface area contributed by atoms with Crippen molar-refractivity contribution in [2.75, 3.05) is 23.3 Å². The van der Waals surface area contributed by atoms with Crippen LogP contribution in [0.15, 0.2) is 53.4 Å². The molecule has 0 unspecified atom stereocenters. The molecule has 0 saturated heterocycles. The fraction of sp³-hybridized carbons (Fsp3) is 0.333. The number of benzene rings is 2. The van der Waals surface area contributed by atoms with E-state index in [4.69, 9.17) is 0 Å². The number of para-hydroxylation sites is 1. The van der Waals surface area contributed by atoms with Crippen LogP contribution in [0.3, 0.4) is 0 Å². The predicted molar refractivity (Wildman–Crippen MR) is 110 cm³/mol. The summed E-state index contributed by atoms with van der Waals surface area (Å²) < 4.78 is 27.6. The number of nitrogens with one attached hydrogen (secondary N) is 2. The van der Waals surface area contributed by atoms with Crippen molar-refractivity contribution in [1.82, 2.24) is 4.72 Å². The van der Waals surface area contributed by atoms with Gasteiger partial charge in [0, 0.05) is 36.8 Å². The molecule has 4 rings (SSSR count). The Labute approximate surface area is 170 Å². The summed E-state index contributed by atoms with van der Waals surface area (Å²) in [5.41, 5.74) is 2.34. The van der Waals surface area contributed by atoms with Crippen LogP contribution in [0.25, 0.3) is 0 Å². The van der Waals surface area contributed by atoms with E-state index in [0.29, 0.717) is 18.7 Å². The van der Waals surface area contributed by atoms with E-state index < -0.39 is 10.0 Å². The van der Waals surface area contributed by atoms with Crippen LogP contribution >= 0.6 is 0 Å². The van der Waals surface area contributed by atoms with Gasteiger partial charge in [-0.2, -0.15) is 0 Å². The van der Waals surface area contributed by atoms with Crippen molar-refractivity contribution in [2.24, 2.45) is 5.92 Å². The Morgan fingerprint density at radius 2 is 1.83 bits per heavy atom. The first-order valence-corrected chi connectivity index (χ1v) is 11.2. The first-order valence-electron chi connectivity index (χ1n) is 9.73. The first-order chi connectivity index (χ1) is 13.9. The molecule has 1 aliphatic heterocycles. The van der Waals surface area contributed by atoms with E-state index in [0.717, 1.165) is 24.1 Å². The monoisotopic (exact) mass is 413 g/mol. The van der Waals surface area contributed by atoms with E-state index >= 15 is 0 Å². The van der Waals surface area contributed by atoms with Gasteiger partial charge in [-0.15, -0.1) is 0 Å². The molecule has 2 N–H and O–H groups in total. The van der Waals surface area contributed by atoms with E-state index in [-0.39, 0.29) is 35.6 Å². The summed E-state index contributed by atoms with van der Waals surface area (Å²) in [6.45, 7) is 0.603. The fourth-order valence-corrected chi connectivity index (χ4v) is 4.53. The molecule has 1 fully saturated rings. The number of carbonyl (C=O) groups excluding carboxylic acids is 2. The highest BCUT2D eigenvalue weighted by Gasteiger charge is 2.36. The lowest BCUT2D eigenvalue weighted by molar-refractivity contribution is -0.119. The molecule has 152 valence electrons. The molecule has 0 radical (unpaired) electrons. The zero-order chi connectivity index (χ0) is 20.4. The second kappa shape index (κ2) is 7.96. The summed E-state index contributed by atoms with van der Waals surface area (Å²) >= 11 is 0. The number of rotatable bonds is 7. The van der Waals surface area contributed by atoms with Gasteiger partial charge in [-0.05, 0) is 55.2 Å². The number of anilines is 2. The Kier molecular flexibility index (Phi) is 5.38. The van der Waals surface area contributed by atoms with Crippen LogP contribution in [-0.4, -0.2) is 33.3 Å². The molecule has 29 heavy (non-hydrogen) atoms. The van der Waals surface area contributed by atoms with Crippen molar-refractivity contribution in [3.05, 3.63) is 54.1 Å². The van der Waals surface area contributed by atoms with Crippen molar-refractivity contribution >= 4 is 33.2 Å². The molecular weight excluding hydrogens is 390 g/mol. The van der Waals surface area contributed by atoms with Crippen molar-refractivity contribution < 1.29 is 18.0 Å². The van der Waals surface area contributed by atoms with Gasteiger partial charge < -0.3 is 10.2 Å². The predicted octanol–water partition coefficient (Wildman–Crippen LogP) is 2.29. The molecule has 7 nitrogen and oxygen atoms in total. The van der Waals surface area contributed by atoms with E-state index in [1.165, 1.54) is 6.07 Å². The molecule has 2 aliphatic rings. The first kappa shape index (κ1) is 19.6. The molecule has 1 saturated carbocycles. The van der Waals surface area contributed by atoms with Gasteiger partial charge in [-0.3, -0.25) is 9.59 Å². The number of sulfonamides is 1. The summed E-state index contributed by atoms with van der Waals surface area (Å²) in [6.07, 6.45) is 2.57. The molecule has 2 aromatic rings. The topological polar surface area (TPSA) is 95.6 Å². The lowest BCUT2D eigenvalue weighted by Gasteiger charge is -2.17. The van der Waals surface area contributed by atoms with Crippen LogP contribution in [0, 0.1) is 5.92 Å². The second-order valence-electron chi connectivity index (χ2n) is 7.37. The smallest absolute Gasteiger partial charge is 0.240 e. The third-order valence-corrected chi connectivity index (χ3v) is 6.61. The largest absolute Gasteiger partial charge is 0.326 e. The van der Waals surface area contributed by atoms with Crippen molar-refractivity contribution in [2.45, 2.75) is 30.6 Å². The molecule has 0 atom stereocenters. The van der Waals surface area contributed by atoms with Crippen LogP contribution in [-0.2, 0) is 26.0 Å². The summed E-state index contributed by atoms with van der Waals surface area (Å²) in [5, 5.41) is 2.72. The van der Waals surface area contributed by atoms with E-state index in [1.54, 1.807) is 29.2 Å². The molecular formula is C21H23N3O4S. The minimum atomic E-state index is -3.73. The van der Waals surface area contributed by atoms with Crippen LogP contribution in [0.1, 0.15) is 24.8 Å². The summed E-state index contributed by atoms with van der Waals surface area (Å²) in [5.74, 6) is 0.0112. The standard InChI is InChI=1S/C21H23N3O4S/c25-20(23-17-4-2-1-3-5-17)10-12-22-29(27,28)18-8-9-19-16(14-18)11-13-24(19)21(26)15-6-7-15/h1-5,8-9,14-15,22H,6-7,10-13H2,(H,23,25). The highest BCUT2D eigenvalue weighted by molar-refractivity contribution is 7.89. The fourth-order valence-electron chi connectivity index (χ4n) is 3.45. The Morgan fingerprint density at radius 3 is 2.55 bits per heavy atom. The number of hydrogen-bond donors (Lipinski definition) is 2.